The Labute approximate surface area is 202 Å². The van der Waals surface area contributed by atoms with Gasteiger partial charge in [0.15, 0.2) is 11.6 Å². The summed E-state index contributed by atoms with van der Waals surface area (Å²) in [5, 5.41) is 0.794. The van der Waals surface area contributed by atoms with E-state index < -0.39 is 23.3 Å². The molecule has 0 amide bonds. The summed E-state index contributed by atoms with van der Waals surface area (Å²) in [4.78, 5) is 0. The van der Waals surface area contributed by atoms with Gasteiger partial charge in [0.2, 0.25) is 0 Å². The summed E-state index contributed by atoms with van der Waals surface area (Å²) in [5.41, 5.74) is 3.13. The molecule has 0 radical (unpaired) electrons. The average molecular weight is 477 g/mol. The lowest BCUT2D eigenvalue weighted by molar-refractivity contribution is 0.195. The zero-order valence-electron chi connectivity index (χ0n) is 19.3. The third-order valence-electron chi connectivity index (χ3n) is 5.89. The fourth-order valence-electron chi connectivity index (χ4n) is 3.97. The van der Waals surface area contributed by atoms with Crippen LogP contribution in [-0.4, -0.2) is 13.7 Å². The van der Waals surface area contributed by atoms with Crippen LogP contribution in [0.1, 0.15) is 34.2 Å². The molecular formula is C30H24F4O. The Kier molecular flexibility index (Phi) is 7.84. The van der Waals surface area contributed by atoms with Crippen LogP contribution in [0.25, 0.3) is 10.8 Å². The second-order valence-electron chi connectivity index (χ2n) is 8.38. The van der Waals surface area contributed by atoms with Crippen molar-refractivity contribution in [3.05, 3.63) is 118 Å². The Balaban J connectivity index is 1.40. The van der Waals surface area contributed by atoms with Crippen molar-refractivity contribution in [1.82, 2.24) is 0 Å². The van der Waals surface area contributed by atoms with E-state index in [4.69, 9.17) is 4.74 Å². The maximum atomic E-state index is 14.5. The van der Waals surface area contributed by atoms with E-state index >= 15 is 0 Å². The zero-order valence-corrected chi connectivity index (χ0v) is 19.3. The van der Waals surface area contributed by atoms with Gasteiger partial charge in [0, 0.05) is 35.8 Å². The molecule has 4 aromatic rings. The molecule has 0 aliphatic heterocycles. The number of hydrogen-bond donors (Lipinski definition) is 0. The molecule has 1 nitrogen and oxygen atoms in total. The number of rotatable bonds is 7. The normalized spacial score (nSPS) is 10.9. The summed E-state index contributed by atoms with van der Waals surface area (Å²) < 4.78 is 61.1. The van der Waals surface area contributed by atoms with Crippen LogP contribution in [0.3, 0.4) is 0 Å². The third-order valence-corrected chi connectivity index (χ3v) is 5.89. The maximum absolute atomic E-state index is 14.5. The van der Waals surface area contributed by atoms with E-state index in [0.29, 0.717) is 42.4 Å². The monoisotopic (exact) mass is 476 g/mol. The molecular weight excluding hydrogens is 452 g/mol. The van der Waals surface area contributed by atoms with Gasteiger partial charge >= 0.3 is 0 Å². The molecule has 0 N–H and O–H groups in total. The smallest absolute Gasteiger partial charge is 0.166 e. The van der Waals surface area contributed by atoms with E-state index in [1.54, 1.807) is 19.2 Å². The van der Waals surface area contributed by atoms with Crippen LogP contribution in [-0.2, 0) is 24.0 Å². The van der Waals surface area contributed by atoms with Gasteiger partial charge in [0.25, 0.3) is 0 Å². The molecule has 35 heavy (non-hydrogen) atoms. The van der Waals surface area contributed by atoms with Gasteiger partial charge in [-0.05, 0) is 84.7 Å². The van der Waals surface area contributed by atoms with Crippen molar-refractivity contribution in [2.75, 3.05) is 13.7 Å². The van der Waals surface area contributed by atoms with Gasteiger partial charge in [0.05, 0.1) is 0 Å². The van der Waals surface area contributed by atoms with Crippen LogP contribution in [0.2, 0.25) is 0 Å². The lowest BCUT2D eigenvalue weighted by Crippen LogP contribution is -2.02. The van der Waals surface area contributed by atoms with Crippen LogP contribution in [0.15, 0.2) is 66.7 Å². The first-order valence-electron chi connectivity index (χ1n) is 11.4. The standard InChI is InChI=1S/C30H24F4O/c1-35-16-2-3-23-18-28(32)26(29(33)19-23)14-10-21-6-4-20(5-7-21)8-9-22-11-13-25-24(17-22)12-15-27(31)30(25)34/h4-7,11-13,15,17-19H,2-3,10,14,16H2,1H3. The highest BCUT2D eigenvalue weighted by Crippen LogP contribution is 2.22. The van der Waals surface area contributed by atoms with Crippen molar-refractivity contribution < 1.29 is 22.3 Å². The molecule has 178 valence electrons. The molecule has 0 fully saturated rings. The number of ether oxygens (including phenoxy) is 1. The number of benzene rings is 4. The molecule has 0 saturated carbocycles. The average Bonchev–Trinajstić information content (AvgIpc) is 2.85. The van der Waals surface area contributed by atoms with E-state index in [2.05, 4.69) is 11.8 Å². The van der Waals surface area contributed by atoms with Crippen LogP contribution >= 0.6 is 0 Å². The first kappa shape index (κ1) is 24.5. The largest absolute Gasteiger partial charge is 0.385 e. The fraction of sp³-hybridized carbons (Fsp3) is 0.200. The van der Waals surface area contributed by atoms with Crippen molar-refractivity contribution in [3.8, 4) is 11.8 Å². The zero-order chi connectivity index (χ0) is 24.8. The van der Waals surface area contributed by atoms with Crippen LogP contribution in [0.5, 0.6) is 0 Å². The molecule has 0 aromatic heterocycles. The molecule has 0 aliphatic rings. The molecule has 0 atom stereocenters. The molecule has 0 spiro atoms. The van der Waals surface area contributed by atoms with Gasteiger partial charge < -0.3 is 4.74 Å². The summed E-state index contributed by atoms with van der Waals surface area (Å²) in [5.74, 6) is 3.31. The number of halogens is 4. The second kappa shape index (κ2) is 11.2. The van der Waals surface area contributed by atoms with Gasteiger partial charge in [-0.3, -0.25) is 0 Å². The molecule has 4 aromatic carbocycles. The van der Waals surface area contributed by atoms with E-state index in [-0.39, 0.29) is 17.4 Å². The minimum atomic E-state index is -0.878. The molecule has 4 rings (SSSR count). The Morgan fingerprint density at radius 1 is 0.657 bits per heavy atom. The predicted octanol–water partition coefficient (Wildman–Crippen LogP) is 7.16. The molecule has 5 heteroatoms. The predicted molar refractivity (Wildman–Crippen MR) is 130 cm³/mol. The minimum Gasteiger partial charge on any atom is -0.385 e. The Morgan fingerprint density at radius 3 is 2.06 bits per heavy atom. The summed E-state index contributed by atoms with van der Waals surface area (Å²) in [7, 11) is 1.60. The quantitative estimate of drug-likeness (QED) is 0.156. The van der Waals surface area contributed by atoms with Gasteiger partial charge in [-0.15, -0.1) is 0 Å². The first-order valence-corrected chi connectivity index (χ1v) is 11.4. The van der Waals surface area contributed by atoms with E-state index in [1.165, 1.54) is 24.3 Å². The summed E-state index contributed by atoms with van der Waals surface area (Å²) in [6.45, 7) is 0.550. The number of fused-ring (bicyclic) bond motifs is 1. The van der Waals surface area contributed by atoms with Crippen LogP contribution in [0.4, 0.5) is 17.6 Å². The molecule has 0 saturated heterocycles. The Bertz CT molecular complexity index is 1380. The topological polar surface area (TPSA) is 9.23 Å². The van der Waals surface area contributed by atoms with Gasteiger partial charge in [0.1, 0.15) is 11.6 Å². The molecule has 0 unspecified atom stereocenters. The van der Waals surface area contributed by atoms with Crippen molar-refractivity contribution >= 4 is 10.8 Å². The fourth-order valence-corrected chi connectivity index (χ4v) is 3.97. The van der Waals surface area contributed by atoms with Crippen molar-refractivity contribution in [1.29, 1.82) is 0 Å². The number of hydrogen-bond acceptors (Lipinski definition) is 1. The number of aryl methyl sites for hydroxylation is 2. The van der Waals surface area contributed by atoms with Crippen LogP contribution in [0, 0.1) is 35.1 Å². The van der Waals surface area contributed by atoms with E-state index in [0.717, 1.165) is 17.2 Å². The highest BCUT2D eigenvalue weighted by molar-refractivity contribution is 5.84. The molecule has 0 bridgehead atoms. The summed E-state index contributed by atoms with van der Waals surface area (Å²) in [6.07, 6.45) is 2.04. The van der Waals surface area contributed by atoms with Gasteiger partial charge in [-0.1, -0.05) is 36.1 Å². The SMILES string of the molecule is COCCCc1cc(F)c(CCc2ccc(C#Cc3ccc4c(F)c(F)ccc4c3)cc2)c(F)c1. The van der Waals surface area contributed by atoms with Crippen molar-refractivity contribution in [2.45, 2.75) is 25.7 Å². The van der Waals surface area contributed by atoms with Crippen molar-refractivity contribution in [2.24, 2.45) is 0 Å². The lowest BCUT2D eigenvalue weighted by atomic mass is 10.00. The Morgan fingerprint density at radius 2 is 1.34 bits per heavy atom. The highest BCUT2D eigenvalue weighted by atomic mass is 19.2. The van der Waals surface area contributed by atoms with Gasteiger partial charge in [-0.25, -0.2) is 17.6 Å². The third kappa shape index (κ3) is 6.09. The highest BCUT2D eigenvalue weighted by Gasteiger charge is 2.12. The number of methoxy groups -OCH3 is 1. The molecule has 0 heterocycles. The maximum Gasteiger partial charge on any atom is 0.166 e. The lowest BCUT2D eigenvalue weighted by Gasteiger charge is -2.09. The Hall–Kier alpha value is -3.62. The summed E-state index contributed by atoms with van der Waals surface area (Å²) >= 11 is 0. The first-order chi connectivity index (χ1) is 16.9. The van der Waals surface area contributed by atoms with Crippen LogP contribution < -0.4 is 0 Å². The van der Waals surface area contributed by atoms with Gasteiger partial charge in [-0.2, -0.15) is 0 Å². The second-order valence-corrected chi connectivity index (χ2v) is 8.38. The van der Waals surface area contributed by atoms with Crippen molar-refractivity contribution in [3.63, 3.8) is 0 Å². The minimum absolute atomic E-state index is 0.0944. The summed E-state index contributed by atoms with van der Waals surface area (Å²) in [6, 6.07) is 17.8. The van der Waals surface area contributed by atoms with E-state index in [9.17, 15) is 17.6 Å². The van der Waals surface area contributed by atoms with E-state index in [1.807, 2.05) is 24.3 Å². The molecule has 0 aliphatic carbocycles.